The predicted molar refractivity (Wildman–Crippen MR) is 80.1 cm³/mol. The van der Waals surface area contributed by atoms with Crippen LogP contribution in [-0.2, 0) is 9.47 Å². The van der Waals surface area contributed by atoms with Gasteiger partial charge in [0.15, 0.2) is 5.79 Å². The Morgan fingerprint density at radius 1 is 1.05 bits per heavy atom. The van der Waals surface area contributed by atoms with E-state index in [1.807, 2.05) is 16.8 Å². The number of likely N-dealkylation sites (tertiary alicyclic amines) is 1. The average Bonchev–Trinajstić information content (AvgIpc) is 2.79. The van der Waals surface area contributed by atoms with Crippen LogP contribution in [0.3, 0.4) is 0 Å². The molecule has 120 valence electrons. The summed E-state index contributed by atoms with van der Waals surface area (Å²) in [6.45, 7) is 3.28. The molecule has 1 saturated carbocycles. The molecule has 3 rings (SSSR count). The molecular weight excluding hydrogens is 268 g/mol. The second-order valence-electron chi connectivity index (χ2n) is 6.63. The number of hydrogen-bond acceptors (Lipinski definition) is 3. The molecule has 0 bridgehead atoms. The van der Waals surface area contributed by atoms with Crippen molar-refractivity contribution in [3.8, 4) is 0 Å². The molecule has 0 aromatic rings. The van der Waals surface area contributed by atoms with Crippen molar-refractivity contribution in [2.24, 2.45) is 0 Å². The topological polar surface area (TPSA) is 42.0 Å². The summed E-state index contributed by atoms with van der Waals surface area (Å²) in [4.78, 5) is 16.7. The highest BCUT2D eigenvalue weighted by Crippen LogP contribution is 2.37. The Morgan fingerprint density at radius 3 is 2.19 bits per heavy atom. The molecule has 2 saturated heterocycles. The van der Waals surface area contributed by atoms with Crippen LogP contribution in [0, 0.1) is 0 Å². The predicted octanol–water partition coefficient (Wildman–Crippen LogP) is 2.60. The minimum atomic E-state index is -0.330. The van der Waals surface area contributed by atoms with Crippen LogP contribution in [0.4, 0.5) is 4.79 Å². The van der Waals surface area contributed by atoms with Gasteiger partial charge < -0.3 is 19.3 Å². The molecule has 2 amide bonds. The van der Waals surface area contributed by atoms with Gasteiger partial charge in [-0.25, -0.2) is 4.79 Å². The third-order valence-corrected chi connectivity index (χ3v) is 5.26. The number of ether oxygens (including phenoxy) is 2. The molecule has 0 unspecified atom stereocenters. The van der Waals surface area contributed by atoms with Crippen molar-refractivity contribution in [2.75, 3.05) is 33.4 Å². The van der Waals surface area contributed by atoms with Crippen LogP contribution in [0.25, 0.3) is 0 Å². The summed E-state index contributed by atoms with van der Waals surface area (Å²) in [6.07, 6.45) is 8.60. The third-order valence-electron chi connectivity index (χ3n) is 5.26. The Bertz CT molecular complexity index is 351. The Kier molecular flexibility index (Phi) is 4.69. The van der Waals surface area contributed by atoms with Gasteiger partial charge in [-0.1, -0.05) is 12.8 Å². The minimum absolute atomic E-state index is 0.214. The highest BCUT2D eigenvalue weighted by Gasteiger charge is 2.42. The first-order chi connectivity index (χ1) is 10.2. The van der Waals surface area contributed by atoms with Gasteiger partial charge in [0, 0.05) is 39.0 Å². The molecule has 0 radical (unpaired) electrons. The number of carbonyl (C=O) groups excluding carboxylic acids is 1. The second kappa shape index (κ2) is 6.53. The number of nitrogens with zero attached hydrogens (tertiary/aromatic N) is 2. The third kappa shape index (κ3) is 3.34. The molecule has 3 aliphatic rings. The van der Waals surface area contributed by atoms with E-state index >= 15 is 0 Å². The van der Waals surface area contributed by atoms with Crippen LogP contribution >= 0.6 is 0 Å². The van der Waals surface area contributed by atoms with Gasteiger partial charge in [0.2, 0.25) is 0 Å². The summed E-state index contributed by atoms with van der Waals surface area (Å²) in [5.74, 6) is -0.330. The zero-order chi connectivity index (χ0) is 14.7. The smallest absolute Gasteiger partial charge is 0.319 e. The van der Waals surface area contributed by atoms with Crippen LogP contribution in [0.2, 0.25) is 0 Å². The van der Waals surface area contributed by atoms with Gasteiger partial charge in [0.05, 0.1) is 13.2 Å². The van der Waals surface area contributed by atoms with E-state index in [1.165, 1.54) is 12.8 Å². The highest BCUT2D eigenvalue weighted by molar-refractivity contribution is 5.74. The van der Waals surface area contributed by atoms with Crippen molar-refractivity contribution < 1.29 is 14.3 Å². The minimum Gasteiger partial charge on any atom is -0.348 e. The number of rotatable bonds is 1. The summed E-state index contributed by atoms with van der Waals surface area (Å²) >= 11 is 0. The molecule has 0 aromatic heterocycles. The molecular formula is C16H28N2O3. The van der Waals surface area contributed by atoms with Crippen molar-refractivity contribution in [1.29, 1.82) is 0 Å². The first-order valence-electron chi connectivity index (χ1n) is 8.50. The van der Waals surface area contributed by atoms with E-state index in [1.54, 1.807) is 0 Å². The van der Waals surface area contributed by atoms with E-state index < -0.39 is 0 Å². The fourth-order valence-corrected chi connectivity index (χ4v) is 3.86. The second-order valence-corrected chi connectivity index (χ2v) is 6.63. The Balaban J connectivity index is 1.53. The molecule has 5 heteroatoms. The fourth-order valence-electron chi connectivity index (χ4n) is 3.86. The van der Waals surface area contributed by atoms with Gasteiger partial charge in [-0.05, 0) is 25.7 Å². The lowest BCUT2D eigenvalue weighted by molar-refractivity contribution is -0.182. The highest BCUT2D eigenvalue weighted by atomic mass is 16.7. The molecule has 2 heterocycles. The van der Waals surface area contributed by atoms with Crippen LogP contribution in [-0.4, -0.2) is 61.0 Å². The maximum absolute atomic E-state index is 12.7. The molecule has 1 aliphatic carbocycles. The average molecular weight is 296 g/mol. The van der Waals surface area contributed by atoms with E-state index in [-0.39, 0.29) is 11.8 Å². The molecule has 21 heavy (non-hydrogen) atoms. The summed E-state index contributed by atoms with van der Waals surface area (Å²) in [7, 11) is 1.96. The van der Waals surface area contributed by atoms with Gasteiger partial charge in [-0.2, -0.15) is 0 Å². The SMILES string of the molecule is CN(C(=O)N1CCCCCC1)C1CCC2(CC1)OCCO2. The quantitative estimate of drug-likeness (QED) is 0.747. The first-order valence-corrected chi connectivity index (χ1v) is 8.50. The molecule has 0 aromatic carbocycles. The summed E-state index contributed by atoms with van der Waals surface area (Å²) in [5.41, 5.74) is 0. The number of carbonyl (C=O) groups is 1. The summed E-state index contributed by atoms with van der Waals surface area (Å²) in [6, 6.07) is 0.547. The maximum atomic E-state index is 12.7. The largest absolute Gasteiger partial charge is 0.348 e. The van der Waals surface area contributed by atoms with Crippen LogP contribution in [0.5, 0.6) is 0 Å². The normalized spacial score (nSPS) is 26.8. The van der Waals surface area contributed by atoms with Gasteiger partial charge in [-0.3, -0.25) is 0 Å². The lowest BCUT2D eigenvalue weighted by Crippen LogP contribution is -2.49. The van der Waals surface area contributed by atoms with Gasteiger partial charge in [0.1, 0.15) is 0 Å². The van der Waals surface area contributed by atoms with E-state index in [0.717, 1.165) is 51.6 Å². The van der Waals surface area contributed by atoms with Crippen molar-refractivity contribution >= 4 is 6.03 Å². The van der Waals surface area contributed by atoms with E-state index in [0.29, 0.717) is 19.3 Å². The van der Waals surface area contributed by atoms with Crippen LogP contribution in [0.1, 0.15) is 51.4 Å². The van der Waals surface area contributed by atoms with Gasteiger partial charge in [0.25, 0.3) is 0 Å². The lowest BCUT2D eigenvalue weighted by atomic mass is 9.89. The zero-order valence-electron chi connectivity index (χ0n) is 13.2. The van der Waals surface area contributed by atoms with E-state index in [4.69, 9.17) is 9.47 Å². The first kappa shape index (κ1) is 15.1. The van der Waals surface area contributed by atoms with Crippen LogP contribution < -0.4 is 0 Å². The molecule has 0 atom stereocenters. The molecule has 3 fully saturated rings. The van der Waals surface area contributed by atoms with Gasteiger partial charge >= 0.3 is 6.03 Å². The number of hydrogen-bond donors (Lipinski definition) is 0. The maximum Gasteiger partial charge on any atom is 0.319 e. The van der Waals surface area contributed by atoms with Crippen LogP contribution in [0.15, 0.2) is 0 Å². The van der Waals surface area contributed by atoms with Crippen molar-refractivity contribution in [2.45, 2.75) is 63.2 Å². The Labute approximate surface area is 127 Å². The van der Waals surface area contributed by atoms with Gasteiger partial charge in [-0.15, -0.1) is 0 Å². The summed E-state index contributed by atoms with van der Waals surface area (Å²) < 4.78 is 11.5. The Hall–Kier alpha value is -0.810. The zero-order valence-corrected chi connectivity index (χ0v) is 13.2. The number of amides is 2. The van der Waals surface area contributed by atoms with E-state index in [9.17, 15) is 4.79 Å². The summed E-state index contributed by atoms with van der Waals surface area (Å²) in [5, 5.41) is 0. The molecule has 0 N–H and O–H groups in total. The lowest BCUT2D eigenvalue weighted by Gasteiger charge is -2.40. The molecule has 2 aliphatic heterocycles. The van der Waals surface area contributed by atoms with E-state index in [2.05, 4.69) is 0 Å². The fraction of sp³-hybridized carbons (Fsp3) is 0.938. The van der Waals surface area contributed by atoms with Crippen molar-refractivity contribution in [3.05, 3.63) is 0 Å². The molecule has 1 spiro atoms. The number of urea groups is 1. The van der Waals surface area contributed by atoms with Crippen molar-refractivity contribution in [1.82, 2.24) is 9.80 Å². The Morgan fingerprint density at radius 2 is 1.62 bits per heavy atom. The standard InChI is InChI=1S/C16H28N2O3/c1-17(15(19)18-10-4-2-3-5-11-18)14-6-8-16(9-7-14)20-12-13-21-16/h14H,2-13H2,1H3. The molecule has 5 nitrogen and oxygen atoms in total. The van der Waals surface area contributed by atoms with Crippen molar-refractivity contribution in [3.63, 3.8) is 0 Å². The monoisotopic (exact) mass is 296 g/mol.